The van der Waals surface area contributed by atoms with E-state index in [1.165, 1.54) is 16.2 Å². The molecule has 3 aromatic heterocycles. The second-order valence-corrected chi connectivity index (χ2v) is 15.2. The molecule has 0 saturated carbocycles. The van der Waals surface area contributed by atoms with Crippen LogP contribution in [0, 0.1) is 0 Å². The van der Waals surface area contributed by atoms with Gasteiger partial charge in [-0.05, 0) is 46.2 Å². The SMILES string of the molecule is COc1nc(-c2cccc(-c3cccc(-c4cc5c(=O)n(C)c(CNC(C)(C)C(=O)OC(C)C)nn5c4)c3Cl)c2Cl)cc(Cl)c1CNC[C@H]1CCC(=O)N1. The number of amides is 1. The van der Waals surface area contributed by atoms with Gasteiger partial charge < -0.3 is 20.1 Å². The minimum absolute atomic E-state index is 0.0609. The number of nitrogens with zero attached hydrogens (tertiary/aromatic N) is 4. The quantitative estimate of drug-likeness (QED) is 0.113. The summed E-state index contributed by atoms with van der Waals surface area (Å²) >= 11 is 21.0. The monoisotopic (exact) mass is 793 g/mol. The Bertz CT molecular complexity index is 2300. The summed E-state index contributed by atoms with van der Waals surface area (Å²) < 4.78 is 14.0. The molecule has 6 rings (SSSR count). The Morgan fingerprint density at radius 1 is 1.02 bits per heavy atom. The van der Waals surface area contributed by atoms with Crippen LogP contribution in [-0.2, 0) is 34.5 Å². The summed E-state index contributed by atoms with van der Waals surface area (Å²) in [5, 5.41) is 15.4. The lowest BCUT2D eigenvalue weighted by molar-refractivity contribution is -0.154. The molecule has 0 aliphatic carbocycles. The summed E-state index contributed by atoms with van der Waals surface area (Å²) in [4.78, 5) is 42.4. The molecule has 0 spiro atoms. The van der Waals surface area contributed by atoms with E-state index in [-0.39, 0.29) is 30.2 Å². The molecule has 2 aromatic carbocycles. The number of carbonyl (C=O) groups is 2. The van der Waals surface area contributed by atoms with Crippen molar-refractivity contribution in [2.24, 2.45) is 7.05 Å². The van der Waals surface area contributed by atoms with Crippen LogP contribution in [0.25, 0.3) is 39.0 Å². The zero-order valence-corrected chi connectivity index (χ0v) is 33.1. The fourth-order valence-corrected chi connectivity index (χ4v) is 7.21. The van der Waals surface area contributed by atoms with Crippen molar-refractivity contribution in [3.05, 3.63) is 91.5 Å². The van der Waals surface area contributed by atoms with E-state index < -0.39 is 11.5 Å². The Kier molecular flexibility index (Phi) is 11.7. The number of hydrogen-bond donors (Lipinski definition) is 3. The molecule has 0 radical (unpaired) electrons. The maximum atomic E-state index is 13.5. The molecular formula is C39H42Cl3N7O5. The summed E-state index contributed by atoms with van der Waals surface area (Å²) in [6.07, 6.45) is 2.81. The molecule has 4 heterocycles. The summed E-state index contributed by atoms with van der Waals surface area (Å²) in [7, 11) is 3.18. The average molecular weight is 795 g/mol. The molecule has 1 atom stereocenters. The van der Waals surface area contributed by atoms with Gasteiger partial charge in [0.2, 0.25) is 11.8 Å². The summed E-state index contributed by atoms with van der Waals surface area (Å²) in [6, 6.07) is 14.8. The highest BCUT2D eigenvalue weighted by Gasteiger charge is 2.30. The van der Waals surface area contributed by atoms with Crippen LogP contribution in [0.3, 0.4) is 0 Å². The number of halogens is 3. The number of pyridine rings is 1. The molecule has 15 heteroatoms. The van der Waals surface area contributed by atoms with Crippen LogP contribution in [0.15, 0.2) is 59.5 Å². The highest BCUT2D eigenvalue weighted by atomic mass is 35.5. The van der Waals surface area contributed by atoms with Crippen molar-refractivity contribution in [3.63, 3.8) is 0 Å². The molecule has 0 unspecified atom stereocenters. The van der Waals surface area contributed by atoms with E-state index in [1.54, 1.807) is 53.1 Å². The number of hydrogen-bond acceptors (Lipinski definition) is 9. The van der Waals surface area contributed by atoms with E-state index in [2.05, 4.69) is 16.0 Å². The molecule has 284 valence electrons. The Morgan fingerprint density at radius 2 is 1.69 bits per heavy atom. The van der Waals surface area contributed by atoms with E-state index in [1.807, 2.05) is 36.4 Å². The third-order valence-electron chi connectivity index (χ3n) is 9.35. The van der Waals surface area contributed by atoms with E-state index in [4.69, 9.17) is 54.4 Å². The average Bonchev–Trinajstić information content (AvgIpc) is 3.75. The van der Waals surface area contributed by atoms with Gasteiger partial charge in [0.05, 0.1) is 40.5 Å². The fourth-order valence-electron chi connectivity index (χ4n) is 6.30. The maximum absolute atomic E-state index is 13.5. The topological polar surface area (TPSA) is 141 Å². The molecule has 54 heavy (non-hydrogen) atoms. The number of aromatic nitrogens is 4. The first kappa shape index (κ1) is 39.2. The molecule has 0 bridgehead atoms. The smallest absolute Gasteiger partial charge is 0.326 e. The number of ether oxygens (including phenoxy) is 2. The number of methoxy groups -OCH3 is 1. The van der Waals surface area contributed by atoms with Gasteiger partial charge in [0.25, 0.3) is 5.56 Å². The minimum Gasteiger partial charge on any atom is -0.481 e. The zero-order valence-electron chi connectivity index (χ0n) is 30.9. The van der Waals surface area contributed by atoms with Gasteiger partial charge in [-0.25, -0.2) is 9.50 Å². The minimum atomic E-state index is -1.00. The van der Waals surface area contributed by atoms with Crippen molar-refractivity contribution in [2.75, 3.05) is 13.7 Å². The lowest BCUT2D eigenvalue weighted by Crippen LogP contribution is -2.48. The lowest BCUT2D eigenvalue weighted by atomic mass is 9.97. The van der Waals surface area contributed by atoms with Crippen molar-refractivity contribution >= 4 is 52.2 Å². The third kappa shape index (κ3) is 8.13. The standard InChI is InChI=1S/C39H42Cl3N7O5/c1-21(2)54-38(52)39(3,4)44-19-32-47-49-20-22(15-31(49)37(51)48(32)5)24-9-7-10-25(34(24)41)26-11-8-12-27(35(26)42)30-16-29(40)28(36(46-30)53-6)18-43-17-23-13-14-33(50)45-23/h7-12,15-16,20-21,23,43-44H,13-14,17-19H2,1-6H3,(H,45,50)/t23-/m1/s1. The van der Waals surface area contributed by atoms with Crippen LogP contribution < -0.4 is 26.2 Å². The molecule has 1 fully saturated rings. The van der Waals surface area contributed by atoms with Crippen molar-refractivity contribution in [1.82, 2.24) is 35.1 Å². The normalized spacial score (nSPS) is 14.6. The second-order valence-electron chi connectivity index (χ2n) is 14.0. The molecule has 1 amide bonds. The second kappa shape index (κ2) is 16.1. The molecule has 1 saturated heterocycles. The van der Waals surface area contributed by atoms with Gasteiger partial charge in [0.1, 0.15) is 16.9 Å². The molecule has 12 nitrogen and oxygen atoms in total. The maximum Gasteiger partial charge on any atom is 0.326 e. The predicted molar refractivity (Wildman–Crippen MR) is 211 cm³/mol. The van der Waals surface area contributed by atoms with Gasteiger partial charge in [-0.3, -0.25) is 24.3 Å². The number of benzene rings is 2. The van der Waals surface area contributed by atoms with Crippen LogP contribution in [-0.4, -0.2) is 62.4 Å². The van der Waals surface area contributed by atoms with E-state index in [0.717, 1.165) is 6.42 Å². The molecule has 3 N–H and O–H groups in total. The van der Waals surface area contributed by atoms with Gasteiger partial charge in [0.15, 0.2) is 0 Å². The van der Waals surface area contributed by atoms with Crippen LogP contribution in [0.1, 0.15) is 51.9 Å². The van der Waals surface area contributed by atoms with Gasteiger partial charge >= 0.3 is 5.97 Å². The number of fused-ring (bicyclic) bond motifs is 1. The highest BCUT2D eigenvalue weighted by Crippen LogP contribution is 2.43. The third-order valence-corrected chi connectivity index (χ3v) is 10.5. The molecule has 1 aliphatic heterocycles. The number of carbonyl (C=O) groups excluding carboxylic acids is 2. The molecule has 5 aromatic rings. The number of esters is 1. The Morgan fingerprint density at radius 3 is 2.33 bits per heavy atom. The first-order chi connectivity index (χ1) is 25.7. The van der Waals surface area contributed by atoms with Crippen LogP contribution in [0.5, 0.6) is 5.88 Å². The van der Waals surface area contributed by atoms with Crippen molar-refractivity contribution in [3.8, 4) is 39.4 Å². The fraction of sp³-hybridized carbons (Fsp3) is 0.359. The van der Waals surface area contributed by atoms with Gasteiger partial charge in [0, 0.05) is 72.2 Å². The van der Waals surface area contributed by atoms with E-state index in [0.29, 0.717) is 90.9 Å². The van der Waals surface area contributed by atoms with Crippen molar-refractivity contribution in [2.45, 2.75) is 71.3 Å². The zero-order chi connectivity index (χ0) is 38.9. The summed E-state index contributed by atoms with van der Waals surface area (Å²) in [5.41, 5.74) is 3.65. The van der Waals surface area contributed by atoms with Crippen molar-refractivity contribution in [1.29, 1.82) is 0 Å². The molecular weight excluding hydrogens is 753 g/mol. The largest absolute Gasteiger partial charge is 0.481 e. The molecule has 1 aliphatic rings. The predicted octanol–water partition coefficient (Wildman–Crippen LogP) is 6.59. The summed E-state index contributed by atoms with van der Waals surface area (Å²) in [6.45, 7) is 8.17. The van der Waals surface area contributed by atoms with E-state index >= 15 is 0 Å². The van der Waals surface area contributed by atoms with Crippen LogP contribution in [0.2, 0.25) is 15.1 Å². The Balaban J connectivity index is 1.28. The highest BCUT2D eigenvalue weighted by molar-refractivity contribution is 6.39. The van der Waals surface area contributed by atoms with E-state index in [9.17, 15) is 14.4 Å². The number of rotatable bonds is 13. The Hall–Kier alpha value is -4.46. The van der Waals surface area contributed by atoms with Gasteiger partial charge in [-0.15, -0.1) is 0 Å². The van der Waals surface area contributed by atoms with Gasteiger partial charge in [-0.1, -0.05) is 71.2 Å². The first-order valence-corrected chi connectivity index (χ1v) is 18.7. The summed E-state index contributed by atoms with van der Waals surface area (Å²) in [5.74, 6) is 0.447. The van der Waals surface area contributed by atoms with Crippen molar-refractivity contribution < 1.29 is 19.1 Å². The number of nitrogens with one attached hydrogen (secondary N) is 3. The van der Waals surface area contributed by atoms with Gasteiger partial charge in [-0.2, -0.15) is 5.10 Å². The Labute approximate surface area is 328 Å². The van der Waals surface area contributed by atoms with Crippen LogP contribution in [0.4, 0.5) is 0 Å². The lowest BCUT2D eigenvalue weighted by Gasteiger charge is -2.25. The van der Waals surface area contributed by atoms with Crippen LogP contribution >= 0.6 is 34.8 Å². The first-order valence-electron chi connectivity index (χ1n) is 17.5.